The van der Waals surface area contributed by atoms with Gasteiger partial charge in [0.1, 0.15) is 11.9 Å². The van der Waals surface area contributed by atoms with Crippen LogP contribution in [0.3, 0.4) is 0 Å². The average molecular weight is 435 g/mol. The number of imidazole rings is 1. The SMILES string of the molecule is C/C=C/C1=CC=C(OC)C(OC)C1.CC.CCNC(=O)c1c(N(C=O)CC)ncn1C. The molecule has 0 aromatic carbocycles. The molecule has 1 N–H and O–H groups in total. The first kappa shape index (κ1) is 28.1. The Morgan fingerprint density at radius 3 is 2.48 bits per heavy atom. The number of amides is 2. The number of carbonyl (C=O) groups excluding carboxylic acids is 2. The second-order valence-electron chi connectivity index (χ2n) is 6.22. The third kappa shape index (κ3) is 8.41. The summed E-state index contributed by atoms with van der Waals surface area (Å²) in [6.45, 7) is 10.7. The molecule has 0 aliphatic heterocycles. The maximum absolute atomic E-state index is 11.8. The molecule has 1 atom stereocenters. The lowest BCUT2D eigenvalue weighted by Crippen LogP contribution is -2.29. The lowest BCUT2D eigenvalue weighted by molar-refractivity contribution is -0.107. The van der Waals surface area contributed by atoms with Gasteiger partial charge >= 0.3 is 0 Å². The van der Waals surface area contributed by atoms with Gasteiger partial charge in [0, 0.05) is 33.7 Å². The number of methoxy groups -OCH3 is 2. The molecule has 1 aliphatic carbocycles. The van der Waals surface area contributed by atoms with E-state index in [2.05, 4.69) is 22.5 Å². The van der Waals surface area contributed by atoms with Gasteiger partial charge in [0.15, 0.2) is 11.5 Å². The third-order valence-electron chi connectivity index (χ3n) is 4.31. The van der Waals surface area contributed by atoms with Gasteiger partial charge in [-0.05, 0) is 32.4 Å². The molecular formula is C23H38N4O4. The summed E-state index contributed by atoms with van der Waals surface area (Å²) >= 11 is 0. The van der Waals surface area contributed by atoms with Crippen molar-refractivity contribution in [3.05, 3.63) is 47.7 Å². The summed E-state index contributed by atoms with van der Waals surface area (Å²) in [6, 6.07) is 0. The predicted molar refractivity (Wildman–Crippen MR) is 125 cm³/mol. The van der Waals surface area contributed by atoms with E-state index in [4.69, 9.17) is 9.47 Å². The Bertz CT molecular complexity index is 766. The van der Waals surface area contributed by atoms with Crippen molar-refractivity contribution < 1.29 is 19.1 Å². The largest absolute Gasteiger partial charge is 0.498 e. The van der Waals surface area contributed by atoms with Crippen molar-refractivity contribution in [2.24, 2.45) is 7.05 Å². The van der Waals surface area contributed by atoms with Gasteiger partial charge in [-0.25, -0.2) is 4.98 Å². The molecular weight excluding hydrogens is 396 g/mol. The minimum atomic E-state index is -0.224. The van der Waals surface area contributed by atoms with E-state index in [1.165, 1.54) is 16.8 Å². The number of hydrogen-bond donors (Lipinski definition) is 1. The van der Waals surface area contributed by atoms with Crippen LogP contribution in [0.15, 0.2) is 42.0 Å². The Labute approximate surface area is 186 Å². The molecule has 2 amide bonds. The van der Waals surface area contributed by atoms with Crippen LogP contribution in [0.5, 0.6) is 0 Å². The van der Waals surface area contributed by atoms with Crippen LogP contribution in [0.1, 0.15) is 51.5 Å². The highest BCUT2D eigenvalue weighted by Gasteiger charge is 2.20. The number of hydrogen-bond acceptors (Lipinski definition) is 5. The molecule has 2 rings (SSSR count). The number of aryl methyl sites for hydroxylation is 1. The van der Waals surface area contributed by atoms with Crippen LogP contribution >= 0.6 is 0 Å². The van der Waals surface area contributed by atoms with Crippen LogP contribution in [-0.4, -0.2) is 55.3 Å². The third-order valence-corrected chi connectivity index (χ3v) is 4.31. The Balaban J connectivity index is 0.000000547. The molecule has 0 saturated carbocycles. The molecule has 0 radical (unpaired) electrons. The van der Waals surface area contributed by atoms with Gasteiger partial charge in [0.25, 0.3) is 5.91 Å². The second-order valence-corrected chi connectivity index (χ2v) is 6.22. The van der Waals surface area contributed by atoms with E-state index in [0.29, 0.717) is 31.0 Å². The molecule has 8 heteroatoms. The highest BCUT2D eigenvalue weighted by molar-refractivity contribution is 5.99. The van der Waals surface area contributed by atoms with E-state index in [1.54, 1.807) is 25.8 Å². The van der Waals surface area contributed by atoms with Crippen LogP contribution < -0.4 is 10.2 Å². The van der Waals surface area contributed by atoms with Crippen LogP contribution in [-0.2, 0) is 21.3 Å². The normalized spacial score (nSPS) is 14.9. The first-order valence-electron chi connectivity index (χ1n) is 10.6. The highest BCUT2D eigenvalue weighted by atomic mass is 16.5. The zero-order valence-corrected chi connectivity index (χ0v) is 20.1. The number of ether oxygens (including phenoxy) is 2. The lowest BCUT2D eigenvalue weighted by atomic mass is 10.0. The topological polar surface area (TPSA) is 85.7 Å². The average Bonchev–Trinajstić information content (AvgIpc) is 3.18. The maximum atomic E-state index is 11.8. The fraction of sp³-hybridized carbons (Fsp3) is 0.522. The number of allylic oxidation sites excluding steroid dienone is 4. The van der Waals surface area contributed by atoms with Crippen molar-refractivity contribution in [2.75, 3.05) is 32.2 Å². The molecule has 1 unspecified atom stereocenters. The van der Waals surface area contributed by atoms with E-state index in [-0.39, 0.29) is 12.0 Å². The molecule has 174 valence electrons. The first-order chi connectivity index (χ1) is 15.0. The van der Waals surface area contributed by atoms with Gasteiger partial charge in [0.05, 0.1) is 13.4 Å². The minimum absolute atomic E-state index is 0.0706. The Kier molecular flexibility index (Phi) is 14.4. The smallest absolute Gasteiger partial charge is 0.271 e. The molecule has 1 heterocycles. The molecule has 0 saturated heterocycles. The van der Waals surface area contributed by atoms with Gasteiger partial charge in [-0.3, -0.25) is 14.5 Å². The van der Waals surface area contributed by atoms with Crippen LogP contribution in [0.4, 0.5) is 5.82 Å². The Morgan fingerprint density at radius 1 is 1.32 bits per heavy atom. The number of nitrogens with zero attached hydrogens (tertiary/aromatic N) is 3. The van der Waals surface area contributed by atoms with Gasteiger partial charge in [-0.2, -0.15) is 0 Å². The van der Waals surface area contributed by atoms with E-state index < -0.39 is 0 Å². The number of nitrogens with one attached hydrogen (secondary N) is 1. The van der Waals surface area contributed by atoms with Crippen molar-refractivity contribution in [2.45, 2.75) is 47.1 Å². The fourth-order valence-electron chi connectivity index (χ4n) is 2.82. The maximum Gasteiger partial charge on any atom is 0.271 e. The number of anilines is 1. The van der Waals surface area contributed by atoms with Crippen molar-refractivity contribution >= 4 is 18.1 Å². The molecule has 0 fully saturated rings. The summed E-state index contributed by atoms with van der Waals surface area (Å²) in [5.74, 6) is 1.07. The van der Waals surface area contributed by atoms with E-state index in [0.717, 1.165) is 12.2 Å². The molecule has 0 bridgehead atoms. The van der Waals surface area contributed by atoms with E-state index >= 15 is 0 Å². The summed E-state index contributed by atoms with van der Waals surface area (Å²) in [5.41, 5.74) is 1.67. The Hall–Kier alpha value is -2.87. The van der Waals surface area contributed by atoms with E-state index in [9.17, 15) is 9.59 Å². The van der Waals surface area contributed by atoms with Gasteiger partial charge < -0.3 is 19.4 Å². The number of carbonyl (C=O) groups is 2. The molecule has 1 aromatic heterocycles. The quantitative estimate of drug-likeness (QED) is 0.632. The summed E-state index contributed by atoms with van der Waals surface area (Å²) in [5, 5.41) is 2.69. The number of rotatable bonds is 8. The van der Waals surface area contributed by atoms with Crippen LogP contribution in [0.25, 0.3) is 0 Å². The van der Waals surface area contributed by atoms with Crippen LogP contribution in [0.2, 0.25) is 0 Å². The standard InChI is InChI=1S/C11H16O2.C10H16N4O2.C2H6/c1-4-5-9-6-7-10(12-2)11(8-9)13-3;1-4-11-10(16)8-9(12-6-13(8)3)14(5-2)7-15;1-2/h4-7,11H,8H2,1-3H3;6-7H,4-5H2,1-3H3,(H,11,16);1-2H3/b5-4+;;. The zero-order chi connectivity index (χ0) is 23.8. The van der Waals surface area contributed by atoms with Crippen molar-refractivity contribution in [1.29, 1.82) is 0 Å². The van der Waals surface area contributed by atoms with Crippen molar-refractivity contribution in [3.63, 3.8) is 0 Å². The summed E-state index contributed by atoms with van der Waals surface area (Å²) < 4.78 is 12.1. The zero-order valence-electron chi connectivity index (χ0n) is 20.1. The van der Waals surface area contributed by atoms with Gasteiger partial charge in [0.2, 0.25) is 6.41 Å². The monoisotopic (exact) mass is 434 g/mol. The summed E-state index contributed by atoms with van der Waals surface area (Å²) in [7, 11) is 5.10. The molecule has 0 spiro atoms. The predicted octanol–water partition coefficient (Wildman–Crippen LogP) is 3.62. The second kappa shape index (κ2) is 15.9. The van der Waals surface area contributed by atoms with E-state index in [1.807, 2.05) is 46.8 Å². The first-order valence-corrected chi connectivity index (χ1v) is 10.6. The molecule has 1 aliphatic rings. The Morgan fingerprint density at radius 2 is 2.00 bits per heavy atom. The van der Waals surface area contributed by atoms with Gasteiger partial charge in [-0.1, -0.05) is 32.1 Å². The van der Waals surface area contributed by atoms with Gasteiger partial charge in [-0.15, -0.1) is 0 Å². The highest BCUT2D eigenvalue weighted by Crippen LogP contribution is 2.22. The summed E-state index contributed by atoms with van der Waals surface area (Å²) in [6.07, 6.45) is 11.3. The molecule has 8 nitrogen and oxygen atoms in total. The lowest BCUT2D eigenvalue weighted by Gasteiger charge is -2.21. The van der Waals surface area contributed by atoms with Crippen molar-refractivity contribution in [3.8, 4) is 0 Å². The fourth-order valence-corrected chi connectivity index (χ4v) is 2.82. The molecule has 1 aromatic rings. The minimum Gasteiger partial charge on any atom is -0.498 e. The number of aromatic nitrogens is 2. The molecule has 31 heavy (non-hydrogen) atoms. The van der Waals surface area contributed by atoms with Crippen molar-refractivity contribution in [1.82, 2.24) is 14.9 Å². The van der Waals surface area contributed by atoms with Crippen LogP contribution in [0, 0.1) is 0 Å². The summed E-state index contributed by atoms with van der Waals surface area (Å²) in [4.78, 5) is 28.0.